The summed E-state index contributed by atoms with van der Waals surface area (Å²) < 4.78 is 46.8. The molecule has 4 atom stereocenters. The van der Waals surface area contributed by atoms with Crippen molar-refractivity contribution in [3.8, 4) is 0 Å². The van der Waals surface area contributed by atoms with Crippen LogP contribution >= 0.6 is 0 Å². The highest BCUT2D eigenvalue weighted by atomic mass is 19.1. The van der Waals surface area contributed by atoms with E-state index in [2.05, 4.69) is 0 Å². The number of ether oxygens (including phenoxy) is 3. The molecule has 1 aliphatic heterocycles. The number of benzene rings is 2. The summed E-state index contributed by atoms with van der Waals surface area (Å²) in [7, 11) is 0. The lowest BCUT2D eigenvalue weighted by Gasteiger charge is -2.27. The molecule has 0 spiro atoms. The van der Waals surface area contributed by atoms with Crippen molar-refractivity contribution in [2.24, 2.45) is 0 Å². The van der Waals surface area contributed by atoms with Crippen molar-refractivity contribution in [1.82, 2.24) is 9.55 Å². The third kappa shape index (κ3) is 4.90. The monoisotopic (exact) mass is 486 g/mol. The molecule has 4 rings (SSSR count). The van der Waals surface area contributed by atoms with E-state index in [0.29, 0.717) is 10.8 Å². The van der Waals surface area contributed by atoms with E-state index in [-0.39, 0.29) is 11.1 Å². The number of halogens is 2. The third-order valence-electron chi connectivity index (χ3n) is 5.49. The van der Waals surface area contributed by atoms with Crippen LogP contribution in [0.1, 0.15) is 33.9 Å². The van der Waals surface area contributed by atoms with E-state index in [1.807, 2.05) is 0 Å². The second-order valence-corrected chi connectivity index (χ2v) is 7.98. The molecule has 1 N–H and O–H groups in total. The first-order chi connectivity index (χ1) is 16.7. The van der Waals surface area contributed by atoms with Crippen LogP contribution in [0.5, 0.6) is 0 Å². The Morgan fingerprint density at radius 2 is 1.60 bits per heavy atom. The Kier molecular flexibility index (Phi) is 6.61. The average molecular weight is 486 g/mol. The number of esters is 2. The van der Waals surface area contributed by atoms with Gasteiger partial charge in [-0.15, -0.1) is 0 Å². The zero-order valence-corrected chi connectivity index (χ0v) is 18.4. The van der Waals surface area contributed by atoms with Gasteiger partial charge >= 0.3 is 17.6 Å². The van der Waals surface area contributed by atoms with Crippen molar-refractivity contribution in [2.45, 2.75) is 31.0 Å². The van der Waals surface area contributed by atoms with Crippen molar-refractivity contribution >= 4 is 11.9 Å². The van der Waals surface area contributed by atoms with Crippen LogP contribution < -0.4 is 11.2 Å². The van der Waals surface area contributed by atoms with Crippen LogP contribution in [0.4, 0.5) is 8.78 Å². The van der Waals surface area contributed by atoms with Gasteiger partial charge in [0.2, 0.25) is 5.82 Å². The highest BCUT2D eigenvalue weighted by Crippen LogP contribution is 2.43. The van der Waals surface area contributed by atoms with E-state index in [4.69, 9.17) is 14.2 Å². The Morgan fingerprint density at radius 1 is 1.03 bits per heavy atom. The predicted molar refractivity (Wildman–Crippen MR) is 117 cm³/mol. The first-order valence-corrected chi connectivity index (χ1v) is 10.5. The Morgan fingerprint density at radius 3 is 2.20 bits per heavy atom. The molecule has 1 aliphatic rings. The topological polar surface area (TPSA) is 117 Å². The minimum absolute atomic E-state index is 0.124. The summed E-state index contributed by atoms with van der Waals surface area (Å²) in [4.78, 5) is 50.5. The molecular formula is C24H20F2N2O7. The number of alkyl halides is 1. The van der Waals surface area contributed by atoms with Crippen LogP contribution in [-0.4, -0.2) is 46.0 Å². The molecule has 35 heavy (non-hydrogen) atoms. The smallest absolute Gasteiger partial charge is 0.338 e. The SMILES string of the molecule is CC1(F)[C@@H](OC(=O)c2ccccc2)[C@@H](COC(=O)c2ccccc2)O[C@H]1n1cc(F)c(=O)[nH]c1=O. The number of rotatable bonds is 6. The van der Waals surface area contributed by atoms with Gasteiger partial charge in [-0.3, -0.25) is 14.3 Å². The van der Waals surface area contributed by atoms with E-state index in [0.717, 1.165) is 6.92 Å². The van der Waals surface area contributed by atoms with Gasteiger partial charge in [-0.1, -0.05) is 36.4 Å². The van der Waals surface area contributed by atoms with E-state index in [9.17, 15) is 23.6 Å². The van der Waals surface area contributed by atoms with Gasteiger partial charge in [-0.2, -0.15) is 4.39 Å². The van der Waals surface area contributed by atoms with Crippen LogP contribution in [-0.2, 0) is 14.2 Å². The molecule has 2 heterocycles. The number of aromatic amines is 1. The summed E-state index contributed by atoms with van der Waals surface area (Å²) in [5.41, 5.74) is -4.67. The number of aromatic nitrogens is 2. The minimum atomic E-state index is -2.59. The van der Waals surface area contributed by atoms with Crippen molar-refractivity contribution < 1.29 is 32.6 Å². The Hall–Kier alpha value is -4.12. The number of nitrogens with one attached hydrogen (secondary N) is 1. The minimum Gasteiger partial charge on any atom is -0.459 e. The lowest BCUT2D eigenvalue weighted by atomic mass is 9.98. The Balaban J connectivity index is 1.64. The van der Waals surface area contributed by atoms with Crippen LogP contribution in [0.15, 0.2) is 76.4 Å². The highest BCUT2D eigenvalue weighted by molar-refractivity contribution is 5.90. The predicted octanol–water partition coefficient (Wildman–Crippen LogP) is 2.38. The lowest BCUT2D eigenvalue weighted by Crippen LogP contribution is -2.46. The van der Waals surface area contributed by atoms with Gasteiger partial charge in [0.1, 0.15) is 12.7 Å². The second kappa shape index (κ2) is 9.63. The molecule has 1 aromatic heterocycles. The van der Waals surface area contributed by atoms with Crippen LogP contribution in [0.25, 0.3) is 0 Å². The van der Waals surface area contributed by atoms with E-state index >= 15 is 4.39 Å². The summed E-state index contributed by atoms with van der Waals surface area (Å²) in [6.45, 7) is 0.451. The van der Waals surface area contributed by atoms with Gasteiger partial charge in [0.25, 0.3) is 5.56 Å². The van der Waals surface area contributed by atoms with Crippen molar-refractivity contribution in [3.05, 3.63) is 105 Å². The first kappa shape index (κ1) is 24.0. The molecular weight excluding hydrogens is 466 g/mol. The Labute approximate surface area is 196 Å². The standard InChI is InChI=1S/C24H20F2N2O7/c1-24(26)18(35-21(31)15-10-6-3-7-11-15)17(13-33-20(30)14-8-4-2-5-9-14)34-22(24)28-12-16(25)19(29)27-23(28)32/h2-12,17-18,22H,13H2,1H3,(H,27,29,32)/t17-,18+,22-,24?/m1/s1. The average Bonchev–Trinajstić information content (AvgIpc) is 3.10. The van der Waals surface area contributed by atoms with E-state index in [1.54, 1.807) is 41.4 Å². The van der Waals surface area contributed by atoms with Crippen LogP contribution in [0, 0.1) is 5.82 Å². The fraction of sp³-hybridized carbons (Fsp3) is 0.250. The van der Waals surface area contributed by atoms with E-state index < -0.39 is 59.7 Å². The molecule has 0 radical (unpaired) electrons. The summed E-state index contributed by atoms with van der Waals surface area (Å²) in [6, 6.07) is 15.7. The molecule has 1 saturated heterocycles. The molecule has 0 saturated carbocycles. The van der Waals surface area contributed by atoms with Gasteiger partial charge < -0.3 is 14.2 Å². The fourth-order valence-electron chi connectivity index (χ4n) is 3.74. The first-order valence-electron chi connectivity index (χ1n) is 10.5. The van der Waals surface area contributed by atoms with Crippen molar-refractivity contribution in [1.29, 1.82) is 0 Å². The molecule has 2 aromatic carbocycles. The summed E-state index contributed by atoms with van der Waals surface area (Å²) >= 11 is 0. The lowest BCUT2D eigenvalue weighted by molar-refractivity contribution is -0.0653. The van der Waals surface area contributed by atoms with Crippen LogP contribution in [0.3, 0.4) is 0 Å². The van der Waals surface area contributed by atoms with Gasteiger partial charge in [-0.05, 0) is 31.2 Å². The molecule has 0 amide bonds. The second-order valence-electron chi connectivity index (χ2n) is 7.98. The van der Waals surface area contributed by atoms with Gasteiger partial charge in [-0.25, -0.2) is 18.8 Å². The number of hydrogen-bond acceptors (Lipinski definition) is 7. The molecule has 182 valence electrons. The van der Waals surface area contributed by atoms with Gasteiger partial charge in [0.05, 0.1) is 17.3 Å². The maximum Gasteiger partial charge on any atom is 0.338 e. The third-order valence-corrected chi connectivity index (χ3v) is 5.49. The van der Waals surface area contributed by atoms with Crippen LogP contribution in [0.2, 0.25) is 0 Å². The fourth-order valence-corrected chi connectivity index (χ4v) is 3.74. The molecule has 9 nitrogen and oxygen atoms in total. The van der Waals surface area contributed by atoms with Gasteiger partial charge in [0.15, 0.2) is 18.0 Å². The Bertz CT molecular complexity index is 1340. The maximum absolute atomic E-state index is 16.1. The molecule has 11 heteroatoms. The molecule has 1 unspecified atom stereocenters. The number of nitrogens with zero attached hydrogens (tertiary/aromatic N) is 1. The van der Waals surface area contributed by atoms with Crippen molar-refractivity contribution in [2.75, 3.05) is 6.61 Å². The summed E-state index contributed by atoms with van der Waals surface area (Å²) in [5, 5.41) is 0. The highest BCUT2D eigenvalue weighted by Gasteiger charge is 2.58. The van der Waals surface area contributed by atoms with E-state index in [1.165, 1.54) is 24.3 Å². The number of carbonyl (C=O) groups is 2. The molecule has 1 fully saturated rings. The quantitative estimate of drug-likeness (QED) is 0.532. The molecule has 0 bridgehead atoms. The molecule has 3 aromatic rings. The normalized spacial score (nSPS) is 23.6. The summed E-state index contributed by atoms with van der Waals surface area (Å²) in [6.07, 6.45) is -4.34. The summed E-state index contributed by atoms with van der Waals surface area (Å²) in [5.74, 6) is -2.97. The largest absolute Gasteiger partial charge is 0.459 e. The number of carbonyl (C=O) groups excluding carboxylic acids is 2. The zero-order valence-electron chi connectivity index (χ0n) is 18.4. The van der Waals surface area contributed by atoms with Crippen molar-refractivity contribution in [3.63, 3.8) is 0 Å². The zero-order chi connectivity index (χ0) is 25.2. The maximum atomic E-state index is 16.1. The number of H-pyrrole nitrogens is 1. The number of hydrogen-bond donors (Lipinski definition) is 1. The van der Waals surface area contributed by atoms with Gasteiger partial charge in [0, 0.05) is 0 Å². The molecule has 0 aliphatic carbocycles.